The minimum absolute atomic E-state index is 0.0653. The van der Waals surface area contributed by atoms with Crippen LogP contribution in [0.1, 0.15) is 16.7 Å². The first-order chi connectivity index (χ1) is 11.6. The molecule has 122 valence electrons. The summed E-state index contributed by atoms with van der Waals surface area (Å²) in [7, 11) is 0. The van der Waals surface area contributed by atoms with Gasteiger partial charge in [0.15, 0.2) is 11.5 Å². The lowest BCUT2D eigenvalue weighted by Crippen LogP contribution is -2.16. The zero-order chi connectivity index (χ0) is 16.7. The topological polar surface area (TPSA) is 63.4 Å². The monoisotopic (exact) mass is 322 g/mol. The Morgan fingerprint density at radius 3 is 2.71 bits per heavy atom. The highest BCUT2D eigenvalue weighted by atomic mass is 16.7. The van der Waals surface area contributed by atoms with Crippen molar-refractivity contribution in [1.29, 1.82) is 0 Å². The summed E-state index contributed by atoms with van der Waals surface area (Å²) in [4.78, 5) is 15.4. The van der Waals surface area contributed by atoms with Crippen LogP contribution in [0.5, 0.6) is 11.5 Å². The summed E-state index contributed by atoms with van der Waals surface area (Å²) in [5.74, 6) is 1.47. The highest BCUT2D eigenvalue weighted by molar-refractivity contribution is 5.85. The molecule has 0 spiro atoms. The molecule has 1 aliphatic heterocycles. The molecule has 4 rings (SSSR count). The van der Waals surface area contributed by atoms with E-state index >= 15 is 0 Å². The van der Waals surface area contributed by atoms with E-state index in [0.29, 0.717) is 12.1 Å². The minimum atomic E-state index is -0.0653. The lowest BCUT2D eigenvalue weighted by Gasteiger charge is -2.10. The average molecular weight is 322 g/mol. The molecule has 0 atom stereocenters. The molecule has 0 saturated carbocycles. The Hall–Kier alpha value is -2.95. The Labute approximate surface area is 139 Å². The molecule has 0 aliphatic carbocycles. The molecular weight excluding hydrogens is 304 g/mol. The molecule has 0 bridgehead atoms. The van der Waals surface area contributed by atoms with Crippen LogP contribution in [-0.4, -0.2) is 11.8 Å². The first kappa shape index (κ1) is 14.6. The van der Waals surface area contributed by atoms with Gasteiger partial charge in [-0.1, -0.05) is 12.1 Å². The Morgan fingerprint density at radius 2 is 1.83 bits per heavy atom. The number of aromatic nitrogens is 1. The van der Waals surface area contributed by atoms with Crippen molar-refractivity contribution in [2.45, 2.75) is 20.4 Å². The third-order valence-corrected chi connectivity index (χ3v) is 4.38. The van der Waals surface area contributed by atoms with Gasteiger partial charge in [-0.15, -0.1) is 0 Å². The van der Waals surface area contributed by atoms with Crippen molar-refractivity contribution in [1.82, 2.24) is 4.98 Å². The van der Waals surface area contributed by atoms with Crippen LogP contribution >= 0.6 is 0 Å². The summed E-state index contributed by atoms with van der Waals surface area (Å²) < 4.78 is 10.7. The number of benzene rings is 2. The fraction of sp³-hybridized carbons (Fsp3) is 0.211. The van der Waals surface area contributed by atoms with Crippen molar-refractivity contribution >= 4 is 16.6 Å². The van der Waals surface area contributed by atoms with Gasteiger partial charge in [-0.3, -0.25) is 4.79 Å². The molecule has 5 heteroatoms. The van der Waals surface area contributed by atoms with Gasteiger partial charge in [0.2, 0.25) is 6.79 Å². The fourth-order valence-electron chi connectivity index (χ4n) is 2.95. The second-order valence-corrected chi connectivity index (χ2v) is 6.03. The largest absolute Gasteiger partial charge is 0.454 e. The number of aromatic amines is 1. The van der Waals surface area contributed by atoms with E-state index in [4.69, 9.17) is 9.47 Å². The van der Waals surface area contributed by atoms with Gasteiger partial charge in [-0.25, -0.2) is 0 Å². The summed E-state index contributed by atoms with van der Waals surface area (Å²) in [5.41, 5.74) is 4.66. The second-order valence-electron chi connectivity index (χ2n) is 6.03. The van der Waals surface area contributed by atoms with Crippen molar-refractivity contribution in [3.05, 3.63) is 63.4 Å². The molecule has 0 radical (unpaired) electrons. The maximum absolute atomic E-state index is 12.4. The fourth-order valence-corrected chi connectivity index (χ4v) is 2.95. The Morgan fingerprint density at radius 1 is 1.04 bits per heavy atom. The summed E-state index contributed by atoms with van der Waals surface area (Å²) in [5, 5.41) is 4.36. The molecule has 0 fully saturated rings. The van der Waals surface area contributed by atoms with Crippen LogP contribution in [0.4, 0.5) is 5.69 Å². The summed E-state index contributed by atoms with van der Waals surface area (Å²) in [6.07, 6.45) is 0. The summed E-state index contributed by atoms with van der Waals surface area (Å²) in [6, 6.07) is 11.7. The highest BCUT2D eigenvalue weighted by Crippen LogP contribution is 2.34. The first-order valence-corrected chi connectivity index (χ1v) is 7.87. The number of nitrogens with one attached hydrogen (secondary N) is 2. The maximum Gasteiger partial charge on any atom is 0.253 e. The number of pyridine rings is 1. The predicted molar refractivity (Wildman–Crippen MR) is 93.9 cm³/mol. The second kappa shape index (κ2) is 5.60. The molecule has 1 aromatic heterocycles. The maximum atomic E-state index is 12.4. The number of fused-ring (bicyclic) bond motifs is 2. The number of hydrogen-bond acceptors (Lipinski definition) is 4. The normalized spacial score (nSPS) is 12.6. The molecule has 2 aromatic carbocycles. The van der Waals surface area contributed by atoms with Crippen LogP contribution in [0, 0.1) is 13.8 Å². The van der Waals surface area contributed by atoms with E-state index in [0.717, 1.165) is 39.2 Å². The van der Waals surface area contributed by atoms with E-state index in [9.17, 15) is 4.79 Å². The smallest absolute Gasteiger partial charge is 0.253 e. The molecule has 3 aromatic rings. The number of anilines is 1. The molecule has 5 nitrogen and oxygen atoms in total. The first-order valence-electron chi connectivity index (χ1n) is 7.87. The van der Waals surface area contributed by atoms with E-state index in [2.05, 4.69) is 23.3 Å². The zero-order valence-electron chi connectivity index (χ0n) is 13.6. The number of aryl methyl sites for hydroxylation is 2. The molecule has 1 aliphatic rings. The third-order valence-electron chi connectivity index (χ3n) is 4.38. The van der Waals surface area contributed by atoms with Gasteiger partial charge >= 0.3 is 0 Å². The van der Waals surface area contributed by atoms with Crippen molar-refractivity contribution < 1.29 is 9.47 Å². The third kappa shape index (κ3) is 2.48. The summed E-state index contributed by atoms with van der Waals surface area (Å²) in [6.45, 7) is 4.75. The van der Waals surface area contributed by atoms with Crippen LogP contribution in [0.3, 0.4) is 0 Å². The van der Waals surface area contributed by atoms with Gasteiger partial charge in [0, 0.05) is 29.2 Å². The van der Waals surface area contributed by atoms with Crippen LogP contribution in [0.2, 0.25) is 0 Å². The molecule has 24 heavy (non-hydrogen) atoms. The van der Waals surface area contributed by atoms with Gasteiger partial charge in [-0.05, 0) is 43.2 Å². The number of ether oxygens (including phenoxy) is 2. The lowest BCUT2D eigenvalue weighted by molar-refractivity contribution is 0.174. The van der Waals surface area contributed by atoms with Gasteiger partial charge in [0.05, 0.1) is 5.52 Å². The molecule has 2 N–H and O–H groups in total. The molecule has 0 amide bonds. The molecular formula is C19H18N2O3. The van der Waals surface area contributed by atoms with Gasteiger partial charge in [0.1, 0.15) is 0 Å². The minimum Gasteiger partial charge on any atom is -0.454 e. The van der Waals surface area contributed by atoms with E-state index in [1.807, 2.05) is 37.3 Å². The van der Waals surface area contributed by atoms with Gasteiger partial charge in [0.25, 0.3) is 5.56 Å². The SMILES string of the molecule is Cc1ccc(C)c2[nH]c(=O)c(CNc3ccc4c(c3)OCO4)cc12. The summed E-state index contributed by atoms with van der Waals surface area (Å²) >= 11 is 0. The molecule has 0 saturated heterocycles. The number of hydrogen-bond donors (Lipinski definition) is 2. The quantitative estimate of drug-likeness (QED) is 0.775. The average Bonchev–Trinajstić information content (AvgIpc) is 3.04. The van der Waals surface area contributed by atoms with E-state index < -0.39 is 0 Å². The van der Waals surface area contributed by atoms with Gasteiger partial charge in [-0.2, -0.15) is 0 Å². The lowest BCUT2D eigenvalue weighted by atomic mass is 10.0. The Kier molecular flexibility index (Phi) is 3.41. The van der Waals surface area contributed by atoms with Crippen molar-refractivity contribution in [2.75, 3.05) is 12.1 Å². The van der Waals surface area contributed by atoms with E-state index in [1.54, 1.807) is 0 Å². The van der Waals surface area contributed by atoms with Gasteiger partial charge < -0.3 is 19.8 Å². The highest BCUT2D eigenvalue weighted by Gasteiger charge is 2.13. The van der Waals surface area contributed by atoms with Crippen LogP contribution in [-0.2, 0) is 6.54 Å². The molecule has 0 unspecified atom stereocenters. The Bertz CT molecular complexity index is 992. The predicted octanol–water partition coefficient (Wildman–Crippen LogP) is 3.49. The van der Waals surface area contributed by atoms with Crippen LogP contribution in [0.25, 0.3) is 10.9 Å². The van der Waals surface area contributed by atoms with Crippen LogP contribution < -0.4 is 20.3 Å². The number of rotatable bonds is 3. The molecule has 2 heterocycles. The number of H-pyrrole nitrogens is 1. The standard InChI is InChI=1S/C19H18N2O3/c1-11-3-4-12(2)18-15(11)7-13(19(22)21-18)9-20-14-5-6-16-17(8-14)24-10-23-16/h3-8,20H,9-10H2,1-2H3,(H,21,22). The van der Waals surface area contributed by atoms with E-state index in [1.165, 1.54) is 0 Å². The zero-order valence-corrected chi connectivity index (χ0v) is 13.6. The van der Waals surface area contributed by atoms with E-state index in [-0.39, 0.29) is 12.4 Å². The van der Waals surface area contributed by atoms with Crippen molar-refractivity contribution in [2.24, 2.45) is 0 Å². The Balaban J connectivity index is 1.64. The van der Waals surface area contributed by atoms with Crippen molar-refractivity contribution in [3.8, 4) is 11.5 Å². The van der Waals surface area contributed by atoms with Crippen molar-refractivity contribution in [3.63, 3.8) is 0 Å². The van der Waals surface area contributed by atoms with Crippen LogP contribution in [0.15, 0.2) is 41.2 Å².